The SMILES string of the molecule is C=C1C[C@@H](O)[C@@H]2C(C)(C)CCC[C@]2(C)[C@H]1CC[C@H](C)CC(=O)OC. The van der Waals surface area contributed by atoms with Gasteiger partial charge in [-0.2, -0.15) is 0 Å². The summed E-state index contributed by atoms with van der Waals surface area (Å²) < 4.78 is 4.79. The predicted molar refractivity (Wildman–Crippen MR) is 97.5 cm³/mol. The zero-order chi connectivity index (χ0) is 18.1. The number of aliphatic hydroxyl groups excluding tert-OH is 1. The number of esters is 1. The maximum atomic E-state index is 11.5. The molecule has 2 saturated carbocycles. The molecule has 0 saturated heterocycles. The Bertz CT molecular complexity index is 481. The zero-order valence-electron chi connectivity index (χ0n) is 16.2. The van der Waals surface area contributed by atoms with Gasteiger partial charge in [-0.3, -0.25) is 4.79 Å². The molecular formula is C21H36O3. The Morgan fingerprint density at radius 1 is 1.38 bits per heavy atom. The average Bonchev–Trinajstić information content (AvgIpc) is 2.44. The van der Waals surface area contributed by atoms with Crippen LogP contribution in [0.15, 0.2) is 12.2 Å². The Balaban J connectivity index is 2.13. The van der Waals surface area contributed by atoms with Gasteiger partial charge in [0.05, 0.1) is 13.2 Å². The number of rotatable bonds is 5. The van der Waals surface area contributed by atoms with Crippen LogP contribution in [0.25, 0.3) is 0 Å². The first kappa shape index (κ1) is 19.5. The van der Waals surface area contributed by atoms with Gasteiger partial charge in [0.15, 0.2) is 0 Å². The molecule has 0 radical (unpaired) electrons. The van der Waals surface area contributed by atoms with Crippen LogP contribution in [0.1, 0.15) is 72.6 Å². The molecule has 0 bridgehead atoms. The van der Waals surface area contributed by atoms with Gasteiger partial charge >= 0.3 is 5.97 Å². The number of carbonyl (C=O) groups is 1. The van der Waals surface area contributed by atoms with Crippen LogP contribution < -0.4 is 0 Å². The standard InChI is InChI=1S/C21H36O3/c1-14(12-18(23)24-6)8-9-16-15(2)13-17(22)19-20(3,4)10-7-11-21(16,19)5/h14,16-17,19,22H,2,7-13H2,1,3-6H3/t14-,16-,17+,19+,21+/m0/s1. The fraction of sp³-hybridized carbons (Fsp3) is 0.857. The molecule has 1 N–H and O–H groups in total. The minimum absolute atomic E-state index is 0.122. The summed E-state index contributed by atoms with van der Waals surface area (Å²) in [6.45, 7) is 13.5. The molecule has 0 aromatic carbocycles. The summed E-state index contributed by atoms with van der Waals surface area (Å²) in [5.41, 5.74) is 1.52. The predicted octanol–water partition coefficient (Wildman–Crippen LogP) is 4.74. The normalized spacial score (nSPS) is 36.8. The molecule has 0 aromatic heterocycles. The van der Waals surface area contributed by atoms with E-state index in [0.29, 0.717) is 24.2 Å². The van der Waals surface area contributed by atoms with Crippen LogP contribution in [0.3, 0.4) is 0 Å². The number of hydrogen-bond acceptors (Lipinski definition) is 3. The molecule has 138 valence electrons. The Hall–Kier alpha value is -0.830. The zero-order valence-corrected chi connectivity index (χ0v) is 16.2. The van der Waals surface area contributed by atoms with Crippen molar-refractivity contribution in [2.24, 2.45) is 28.6 Å². The summed E-state index contributed by atoms with van der Waals surface area (Å²) in [7, 11) is 1.45. The highest BCUT2D eigenvalue weighted by atomic mass is 16.5. The molecular weight excluding hydrogens is 300 g/mol. The van der Waals surface area contributed by atoms with Crippen LogP contribution >= 0.6 is 0 Å². The van der Waals surface area contributed by atoms with Gasteiger partial charge in [0.2, 0.25) is 0 Å². The van der Waals surface area contributed by atoms with Gasteiger partial charge in [-0.25, -0.2) is 0 Å². The van der Waals surface area contributed by atoms with E-state index < -0.39 is 0 Å². The van der Waals surface area contributed by atoms with Crippen molar-refractivity contribution in [3.63, 3.8) is 0 Å². The van der Waals surface area contributed by atoms with Crippen LogP contribution in [-0.4, -0.2) is 24.3 Å². The molecule has 0 heterocycles. The summed E-state index contributed by atoms with van der Waals surface area (Å²) >= 11 is 0. The van der Waals surface area contributed by atoms with Crippen molar-refractivity contribution < 1.29 is 14.6 Å². The highest BCUT2D eigenvalue weighted by Gasteiger charge is 2.56. The Kier molecular flexibility index (Phi) is 5.84. The minimum Gasteiger partial charge on any atom is -0.469 e. The highest BCUT2D eigenvalue weighted by molar-refractivity contribution is 5.69. The summed E-state index contributed by atoms with van der Waals surface area (Å²) in [5, 5.41) is 10.8. The van der Waals surface area contributed by atoms with Gasteiger partial charge in [-0.1, -0.05) is 46.3 Å². The lowest BCUT2D eigenvalue weighted by Crippen LogP contribution is -2.55. The Morgan fingerprint density at radius 3 is 2.67 bits per heavy atom. The van der Waals surface area contributed by atoms with Crippen LogP contribution in [0.2, 0.25) is 0 Å². The number of aliphatic hydroxyl groups is 1. The van der Waals surface area contributed by atoms with E-state index in [1.54, 1.807) is 0 Å². The highest BCUT2D eigenvalue weighted by Crippen LogP contribution is 2.61. The van der Waals surface area contributed by atoms with Crippen LogP contribution in [0.5, 0.6) is 0 Å². The molecule has 2 rings (SSSR count). The third kappa shape index (κ3) is 3.71. The van der Waals surface area contributed by atoms with E-state index in [9.17, 15) is 9.90 Å². The Labute approximate surface area is 147 Å². The molecule has 3 nitrogen and oxygen atoms in total. The fourth-order valence-corrected chi connectivity index (χ4v) is 5.93. The first-order valence-corrected chi connectivity index (χ1v) is 9.54. The number of hydrogen-bond donors (Lipinski definition) is 1. The van der Waals surface area contributed by atoms with E-state index in [2.05, 4.69) is 34.3 Å². The van der Waals surface area contributed by atoms with E-state index in [1.807, 2.05) is 0 Å². The molecule has 0 amide bonds. The molecule has 5 atom stereocenters. The monoisotopic (exact) mass is 336 g/mol. The molecule has 0 spiro atoms. The average molecular weight is 337 g/mol. The van der Waals surface area contributed by atoms with Crippen LogP contribution in [0, 0.1) is 28.6 Å². The van der Waals surface area contributed by atoms with E-state index in [4.69, 9.17) is 4.74 Å². The molecule has 2 aliphatic rings. The summed E-state index contributed by atoms with van der Waals surface area (Å²) in [5.74, 6) is 0.995. The third-order valence-electron chi connectivity index (χ3n) is 6.92. The molecule has 2 aliphatic carbocycles. The number of ether oxygens (including phenoxy) is 1. The van der Waals surface area contributed by atoms with E-state index in [-0.39, 0.29) is 22.9 Å². The molecule has 24 heavy (non-hydrogen) atoms. The smallest absolute Gasteiger partial charge is 0.305 e. The molecule has 0 aromatic rings. The second-order valence-corrected chi connectivity index (χ2v) is 9.27. The maximum Gasteiger partial charge on any atom is 0.305 e. The van der Waals surface area contributed by atoms with Gasteiger partial charge in [-0.05, 0) is 60.7 Å². The van der Waals surface area contributed by atoms with Gasteiger partial charge in [0.25, 0.3) is 0 Å². The summed E-state index contributed by atoms with van der Waals surface area (Å²) in [6, 6.07) is 0. The lowest BCUT2D eigenvalue weighted by Gasteiger charge is -2.59. The van der Waals surface area contributed by atoms with Gasteiger partial charge in [0, 0.05) is 6.42 Å². The van der Waals surface area contributed by atoms with Crippen LogP contribution in [0.4, 0.5) is 0 Å². The van der Waals surface area contributed by atoms with Crippen molar-refractivity contribution in [2.45, 2.75) is 78.7 Å². The van der Waals surface area contributed by atoms with Crippen molar-refractivity contribution in [3.8, 4) is 0 Å². The van der Waals surface area contributed by atoms with E-state index in [1.165, 1.54) is 31.9 Å². The first-order valence-electron chi connectivity index (χ1n) is 9.54. The maximum absolute atomic E-state index is 11.5. The molecule has 2 fully saturated rings. The van der Waals surface area contributed by atoms with E-state index in [0.717, 1.165) is 19.3 Å². The van der Waals surface area contributed by atoms with Crippen molar-refractivity contribution in [3.05, 3.63) is 12.2 Å². The number of methoxy groups -OCH3 is 1. The van der Waals surface area contributed by atoms with Crippen molar-refractivity contribution in [1.29, 1.82) is 0 Å². The summed E-state index contributed by atoms with van der Waals surface area (Å²) in [4.78, 5) is 11.5. The fourth-order valence-electron chi connectivity index (χ4n) is 5.93. The van der Waals surface area contributed by atoms with Crippen molar-refractivity contribution >= 4 is 5.97 Å². The van der Waals surface area contributed by atoms with E-state index >= 15 is 0 Å². The molecule has 3 heteroatoms. The third-order valence-corrected chi connectivity index (χ3v) is 6.92. The minimum atomic E-state index is -0.262. The molecule has 0 unspecified atom stereocenters. The topological polar surface area (TPSA) is 46.5 Å². The molecule has 0 aliphatic heterocycles. The van der Waals surface area contributed by atoms with Crippen molar-refractivity contribution in [2.75, 3.05) is 7.11 Å². The van der Waals surface area contributed by atoms with Gasteiger partial charge < -0.3 is 9.84 Å². The first-order chi connectivity index (χ1) is 11.1. The second kappa shape index (κ2) is 7.19. The Morgan fingerprint density at radius 2 is 2.04 bits per heavy atom. The van der Waals surface area contributed by atoms with Crippen molar-refractivity contribution in [1.82, 2.24) is 0 Å². The second-order valence-electron chi connectivity index (χ2n) is 9.27. The van der Waals surface area contributed by atoms with Crippen LogP contribution in [-0.2, 0) is 9.53 Å². The van der Waals surface area contributed by atoms with Gasteiger partial charge in [0.1, 0.15) is 0 Å². The number of carbonyl (C=O) groups excluding carboxylic acids is 1. The lowest BCUT2D eigenvalue weighted by atomic mass is 9.46. The summed E-state index contributed by atoms with van der Waals surface area (Å²) in [6.07, 6.45) is 6.64. The largest absolute Gasteiger partial charge is 0.469 e. The quantitative estimate of drug-likeness (QED) is 0.583. The lowest BCUT2D eigenvalue weighted by molar-refractivity contribution is -0.141. The number of fused-ring (bicyclic) bond motifs is 1. The van der Waals surface area contributed by atoms with Gasteiger partial charge in [-0.15, -0.1) is 0 Å².